The Morgan fingerprint density at radius 3 is 2.54 bits per heavy atom. The van der Waals surface area contributed by atoms with Crippen LogP contribution in [-0.4, -0.2) is 52.8 Å². The second-order valence-electron chi connectivity index (χ2n) is 7.71. The molecule has 0 unspecified atom stereocenters. The molecule has 0 radical (unpaired) electrons. The maximum Gasteiger partial charge on any atom is 0.247 e. The third kappa shape index (κ3) is 4.34. The summed E-state index contributed by atoms with van der Waals surface area (Å²) in [5.74, 6) is 1.89. The van der Waals surface area contributed by atoms with Gasteiger partial charge in [-0.2, -0.15) is 4.98 Å². The molecule has 2 N–H and O–H groups in total. The summed E-state index contributed by atoms with van der Waals surface area (Å²) in [5.41, 5.74) is 7.28. The molecule has 8 heteroatoms. The van der Waals surface area contributed by atoms with E-state index in [0.29, 0.717) is 33.1 Å². The number of halogens is 2. The second-order valence-corrected chi connectivity index (χ2v) is 8.50. The number of hydrogen-bond donors (Lipinski definition) is 1. The van der Waals surface area contributed by atoms with E-state index in [9.17, 15) is 0 Å². The first-order valence-corrected chi connectivity index (χ1v) is 10.8. The van der Waals surface area contributed by atoms with Crippen LogP contribution in [0.2, 0.25) is 10.0 Å². The van der Waals surface area contributed by atoms with Gasteiger partial charge in [0, 0.05) is 31.7 Å². The minimum absolute atomic E-state index is 0.317. The van der Waals surface area contributed by atoms with Crippen molar-refractivity contribution < 1.29 is 0 Å². The van der Waals surface area contributed by atoms with E-state index < -0.39 is 0 Å². The van der Waals surface area contributed by atoms with Crippen molar-refractivity contribution in [1.29, 1.82) is 0 Å². The molecule has 1 saturated heterocycles. The Bertz CT molecular complexity index is 818. The Balaban J connectivity index is 1.35. The number of aromatic nitrogens is 3. The normalized spacial score (nSPS) is 18.3. The van der Waals surface area contributed by atoms with Gasteiger partial charge in [-0.3, -0.25) is 4.90 Å². The quantitative estimate of drug-likeness (QED) is 0.756. The number of benzene rings is 1. The third-order valence-electron chi connectivity index (χ3n) is 5.88. The number of nitrogens with two attached hydrogens (primary N) is 1. The molecule has 2 aliphatic rings. The topological polar surface area (TPSA) is 71.2 Å². The van der Waals surface area contributed by atoms with Gasteiger partial charge in [-0.25, -0.2) is 0 Å². The number of rotatable bonds is 6. The van der Waals surface area contributed by atoms with Gasteiger partial charge in [0.2, 0.25) is 5.95 Å². The highest BCUT2D eigenvalue weighted by molar-refractivity contribution is 6.43. The molecule has 2 heterocycles. The molecule has 1 aliphatic carbocycles. The van der Waals surface area contributed by atoms with Gasteiger partial charge in [0.25, 0.3) is 0 Å². The first-order chi connectivity index (χ1) is 13.6. The zero-order chi connectivity index (χ0) is 19.5. The lowest BCUT2D eigenvalue weighted by Crippen LogP contribution is -2.47. The van der Waals surface area contributed by atoms with Crippen molar-refractivity contribution in [3.8, 4) is 11.3 Å². The van der Waals surface area contributed by atoms with Crippen LogP contribution in [0.4, 0.5) is 11.8 Å². The number of hydrogen-bond acceptors (Lipinski definition) is 6. The largest absolute Gasteiger partial charge is 0.382 e. The molecule has 2 aromatic rings. The zero-order valence-electron chi connectivity index (χ0n) is 15.9. The first kappa shape index (κ1) is 19.7. The van der Waals surface area contributed by atoms with Crippen molar-refractivity contribution in [3.63, 3.8) is 0 Å². The summed E-state index contributed by atoms with van der Waals surface area (Å²) in [7, 11) is 0. The van der Waals surface area contributed by atoms with Crippen molar-refractivity contribution in [3.05, 3.63) is 28.2 Å². The molecule has 0 atom stereocenters. The van der Waals surface area contributed by atoms with Crippen molar-refractivity contribution in [2.75, 3.05) is 43.4 Å². The summed E-state index contributed by atoms with van der Waals surface area (Å²) in [5, 5.41) is 9.47. The van der Waals surface area contributed by atoms with Crippen molar-refractivity contribution >= 4 is 35.0 Å². The van der Waals surface area contributed by atoms with Gasteiger partial charge in [0.05, 0.1) is 10.0 Å². The van der Waals surface area contributed by atoms with Gasteiger partial charge in [0.15, 0.2) is 5.82 Å². The van der Waals surface area contributed by atoms with Crippen molar-refractivity contribution in [2.24, 2.45) is 5.92 Å². The van der Waals surface area contributed by atoms with E-state index in [-0.39, 0.29) is 0 Å². The van der Waals surface area contributed by atoms with Crippen LogP contribution in [0.3, 0.4) is 0 Å². The van der Waals surface area contributed by atoms with E-state index in [2.05, 4.69) is 25.0 Å². The van der Waals surface area contributed by atoms with Gasteiger partial charge in [0.1, 0.15) is 5.69 Å². The Labute approximate surface area is 176 Å². The Morgan fingerprint density at radius 1 is 1.07 bits per heavy atom. The zero-order valence-corrected chi connectivity index (χ0v) is 17.5. The summed E-state index contributed by atoms with van der Waals surface area (Å²) >= 11 is 12.4. The van der Waals surface area contributed by atoms with E-state index >= 15 is 0 Å². The van der Waals surface area contributed by atoms with Gasteiger partial charge in [-0.05, 0) is 31.4 Å². The SMILES string of the molecule is Nc1nc(N2CCN(CCCC3CCC3)CC2)nnc1-c1cccc(Cl)c1Cl. The maximum absolute atomic E-state index is 6.28. The van der Waals surface area contributed by atoms with E-state index in [1.165, 1.54) is 38.6 Å². The number of piperazine rings is 1. The molecule has 28 heavy (non-hydrogen) atoms. The molecule has 1 saturated carbocycles. The fourth-order valence-electron chi connectivity index (χ4n) is 3.90. The highest BCUT2D eigenvalue weighted by Crippen LogP contribution is 2.34. The van der Waals surface area contributed by atoms with Crippen LogP contribution in [0.1, 0.15) is 32.1 Å². The number of nitrogens with zero attached hydrogens (tertiary/aromatic N) is 5. The lowest BCUT2D eigenvalue weighted by atomic mass is 9.82. The van der Waals surface area contributed by atoms with E-state index in [1.54, 1.807) is 6.07 Å². The molecule has 2 fully saturated rings. The average Bonchev–Trinajstić information content (AvgIpc) is 2.67. The van der Waals surface area contributed by atoms with Gasteiger partial charge in [-0.1, -0.05) is 54.6 Å². The molecule has 0 amide bonds. The van der Waals surface area contributed by atoms with Gasteiger partial charge >= 0.3 is 0 Å². The summed E-state index contributed by atoms with van der Waals surface area (Å²) in [6.45, 7) is 5.02. The Morgan fingerprint density at radius 2 is 1.86 bits per heavy atom. The second kappa shape index (κ2) is 8.80. The molecule has 1 aromatic heterocycles. The summed E-state index contributed by atoms with van der Waals surface area (Å²) in [6.07, 6.45) is 7.01. The first-order valence-electron chi connectivity index (χ1n) is 10.0. The highest BCUT2D eigenvalue weighted by atomic mass is 35.5. The molecule has 1 aliphatic heterocycles. The molecule has 1 aromatic carbocycles. The van der Waals surface area contributed by atoms with Crippen LogP contribution >= 0.6 is 23.2 Å². The number of nitrogen functional groups attached to an aromatic ring is 1. The average molecular weight is 421 g/mol. The minimum Gasteiger partial charge on any atom is -0.382 e. The van der Waals surface area contributed by atoms with Crippen molar-refractivity contribution in [2.45, 2.75) is 32.1 Å². The minimum atomic E-state index is 0.317. The van der Waals surface area contributed by atoms with E-state index in [4.69, 9.17) is 28.9 Å². The molecule has 0 spiro atoms. The van der Waals surface area contributed by atoms with Crippen LogP contribution in [-0.2, 0) is 0 Å². The Kier molecular flexibility index (Phi) is 6.19. The van der Waals surface area contributed by atoms with Crippen LogP contribution < -0.4 is 10.6 Å². The van der Waals surface area contributed by atoms with Crippen molar-refractivity contribution in [1.82, 2.24) is 20.1 Å². The molecular formula is C20H26Cl2N6. The lowest BCUT2D eigenvalue weighted by Gasteiger charge is -2.35. The molecule has 4 rings (SSSR count). The summed E-state index contributed by atoms with van der Waals surface area (Å²) in [6, 6.07) is 5.35. The van der Waals surface area contributed by atoms with Crippen LogP contribution in [0.25, 0.3) is 11.3 Å². The van der Waals surface area contributed by atoms with E-state index in [1.807, 2.05) is 12.1 Å². The van der Waals surface area contributed by atoms with Gasteiger partial charge in [-0.15, -0.1) is 10.2 Å². The molecular weight excluding hydrogens is 395 g/mol. The fourth-order valence-corrected chi connectivity index (χ4v) is 4.29. The lowest BCUT2D eigenvalue weighted by molar-refractivity contribution is 0.226. The predicted octanol–water partition coefficient (Wildman–Crippen LogP) is 4.13. The summed E-state index contributed by atoms with van der Waals surface area (Å²) in [4.78, 5) is 9.16. The van der Waals surface area contributed by atoms with Crippen LogP contribution in [0.15, 0.2) is 18.2 Å². The monoisotopic (exact) mass is 420 g/mol. The smallest absolute Gasteiger partial charge is 0.247 e. The van der Waals surface area contributed by atoms with E-state index in [0.717, 1.165) is 32.1 Å². The molecule has 150 valence electrons. The molecule has 0 bridgehead atoms. The van der Waals surface area contributed by atoms with Gasteiger partial charge < -0.3 is 10.6 Å². The third-order valence-corrected chi connectivity index (χ3v) is 6.69. The highest BCUT2D eigenvalue weighted by Gasteiger charge is 2.22. The maximum atomic E-state index is 6.28. The van der Waals surface area contributed by atoms with Crippen LogP contribution in [0.5, 0.6) is 0 Å². The van der Waals surface area contributed by atoms with Crippen LogP contribution in [0, 0.1) is 5.92 Å². The Hall–Kier alpha value is -1.63. The number of anilines is 2. The summed E-state index contributed by atoms with van der Waals surface area (Å²) < 4.78 is 0. The predicted molar refractivity (Wildman–Crippen MR) is 115 cm³/mol. The molecule has 6 nitrogen and oxygen atoms in total. The fraction of sp³-hybridized carbons (Fsp3) is 0.550. The standard InChI is InChI=1S/C20H26Cl2N6/c21-16-8-2-7-15(17(16)22)18-19(23)24-20(26-25-18)28-12-10-27(11-13-28)9-3-6-14-4-1-5-14/h2,7-8,14H,1,3-6,9-13H2,(H2,23,24,26).